The van der Waals surface area contributed by atoms with E-state index in [9.17, 15) is 9.59 Å². The number of carbonyl (C=O) groups excluding carboxylic acids is 2. The van der Waals surface area contributed by atoms with Gasteiger partial charge in [-0.3, -0.25) is 9.59 Å². The number of fused-ring (bicyclic) bond motifs is 1. The van der Waals surface area contributed by atoms with Crippen molar-refractivity contribution in [3.05, 3.63) is 18.2 Å². The zero-order chi connectivity index (χ0) is 15.3. The predicted octanol–water partition coefficient (Wildman–Crippen LogP) is -0.232. The third kappa shape index (κ3) is 2.29. The number of hydrogen-bond acceptors (Lipinski definition) is 4. The van der Waals surface area contributed by atoms with Crippen molar-refractivity contribution in [1.29, 1.82) is 0 Å². The molecule has 1 aliphatic carbocycles. The Morgan fingerprint density at radius 3 is 2.91 bits per heavy atom. The first-order valence-corrected chi connectivity index (χ1v) is 7.79. The van der Waals surface area contributed by atoms with Gasteiger partial charge in [-0.25, -0.2) is 4.98 Å². The maximum atomic E-state index is 12.3. The Balaban J connectivity index is 1.51. The van der Waals surface area contributed by atoms with E-state index >= 15 is 0 Å². The Hall–Kier alpha value is -1.89. The van der Waals surface area contributed by atoms with E-state index in [0.717, 1.165) is 18.7 Å². The lowest BCUT2D eigenvalue weighted by atomic mass is 10.1. The van der Waals surface area contributed by atoms with Gasteiger partial charge in [-0.15, -0.1) is 0 Å². The molecule has 7 nitrogen and oxygen atoms in total. The first kappa shape index (κ1) is 13.8. The molecule has 2 saturated heterocycles. The minimum atomic E-state index is -0.0688. The summed E-state index contributed by atoms with van der Waals surface area (Å²) in [6.45, 7) is 1.75. The summed E-state index contributed by atoms with van der Waals surface area (Å²) in [7, 11) is 1.92. The Bertz CT molecular complexity index is 610. The fourth-order valence-corrected chi connectivity index (χ4v) is 3.34. The Labute approximate surface area is 128 Å². The summed E-state index contributed by atoms with van der Waals surface area (Å²) < 4.78 is 7.58. The molecule has 0 aromatic carbocycles. The molecule has 1 saturated carbocycles. The van der Waals surface area contributed by atoms with Gasteiger partial charge in [-0.05, 0) is 12.8 Å². The standard InChI is InChI=1S/C15H20N4O3/c1-17-5-4-16-13(17)8-19-11-6-18(15(21)10-2-3-10)7-12(11)22-9-14(19)20/h4-5,10-12H,2-3,6-9H2,1H3. The van der Waals surface area contributed by atoms with Crippen LogP contribution in [0.25, 0.3) is 0 Å². The van der Waals surface area contributed by atoms with Crippen LogP contribution in [0.2, 0.25) is 0 Å². The molecule has 1 aromatic rings. The fourth-order valence-electron chi connectivity index (χ4n) is 3.34. The second kappa shape index (κ2) is 5.08. The Morgan fingerprint density at radius 1 is 1.41 bits per heavy atom. The number of hydrogen-bond donors (Lipinski definition) is 0. The van der Waals surface area contributed by atoms with E-state index in [1.165, 1.54) is 0 Å². The average Bonchev–Trinajstić information content (AvgIpc) is 3.14. The topological polar surface area (TPSA) is 67.7 Å². The average molecular weight is 304 g/mol. The van der Waals surface area contributed by atoms with E-state index in [4.69, 9.17) is 4.74 Å². The van der Waals surface area contributed by atoms with Gasteiger partial charge >= 0.3 is 0 Å². The van der Waals surface area contributed by atoms with E-state index in [2.05, 4.69) is 4.98 Å². The van der Waals surface area contributed by atoms with Crippen molar-refractivity contribution < 1.29 is 14.3 Å². The third-order valence-corrected chi connectivity index (χ3v) is 4.85. The van der Waals surface area contributed by atoms with Crippen molar-refractivity contribution in [2.24, 2.45) is 13.0 Å². The molecule has 2 aliphatic heterocycles. The summed E-state index contributed by atoms with van der Waals surface area (Å²) in [5, 5.41) is 0. The van der Waals surface area contributed by atoms with Crippen LogP contribution in [-0.4, -0.2) is 63.0 Å². The Morgan fingerprint density at radius 2 is 2.23 bits per heavy atom. The minimum Gasteiger partial charge on any atom is -0.364 e. The normalized spacial score (nSPS) is 28.1. The molecule has 2 atom stereocenters. The molecule has 0 bridgehead atoms. The zero-order valence-electron chi connectivity index (χ0n) is 12.6. The van der Waals surface area contributed by atoms with Crippen molar-refractivity contribution >= 4 is 11.8 Å². The quantitative estimate of drug-likeness (QED) is 0.773. The van der Waals surface area contributed by atoms with Crippen LogP contribution in [0.15, 0.2) is 12.4 Å². The molecule has 3 fully saturated rings. The van der Waals surface area contributed by atoms with Crippen molar-refractivity contribution in [3.63, 3.8) is 0 Å². The summed E-state index contributed by atoms with van der Waals surface area (Å²) in [6, 6.07) is -0.0550. The number of aromatic nitrogens is 2. The van der Waals surface area contributed by atoms with Crippen LogP contribution in [-0.2, 0) is 27.9 Å². The summed E-state index contributed by atoms with van der Waals surface area (Å²) in [5.41, 5.74) is 0. The molecule has 0 N–H and O–H groups in total. The van der Waals surface area contributed by atoms with Gasteiger partial charge in [0, 0.05) is 38.4 Å². The van der Waals surface area contributed by atoms with Crippen molar-refractivity contribution in [2.45, 2.75) is 31.5 Å². The number of rotatable bonds is 3. The highest BCUT2D eigenvalue weighted by atomic mass is 16.5. The van der Waals surface area contributed by atoms with Crippen LogP contribution in [0, 0.1) is 5.92 Å². The SMILES string of the molecule is Cn1ccnc1CN1C(=O)COC2CN(C(=O)C3CC3)CC21. The van der Waals surface area contributed by atoms with Gasteiger partial charge in [0.1, 0.15) is 12.4 Å². The molecular formula is C15H20N4O3. The smallest absolute Gasteiger partial charge is 0.249 e. The number of ether oxygens (including phenoxy) is 1. The number of aryl methyl sites for hydroxylation is 1. The fraction of sp³-hybridized carbons (Fsp3) is 0.667. The van der Waals surface area contributed by atoms with Gasteiger partial charge in [0.25, 0.3) is 0 Å². The van der Waals surface area contributed by atoms with Gasteiger partial charge in [-0.1, -0.05) is 0 Å². The van der Waals surface area contributed by atoms with Crippen LogP contribution in [0.3, 0.4) is 0 Å². The van der Waals surface area contributed by atoms with Gasteiger partial charge in [0.05, 0.1) is 18.7 Å². The third-order valence-electron chi connectivity index (χ3n) is 4.85. The summed E-state index contributed by atoms with van der Waals surface area (Å²) in [5.74, 6) is 1.26. The van der Waals surface area contributed by atoms with Crippen LogP contribution >= 0.6 is 0 Å². The number of carbonyl (C=O) groups is 2. The molecule has 22 heavy (non-hydrogen) atoms. The summed E-state index contributed by atoms with van der Waals surface area (Å²) in [4.78, 5) is 32.5. The lowest BCUT2D eigenvalue weighted by Gasteiger charge is -2.36. The molecule has 2 amide bonds. The summed E-state index contributed by atoms with van der Waals surface area (Å²) >= 11 is 0. The molecule has 0 radical (unpaired) electrons. The Kier molecular flexibility index (Phi) is 3.18. The van der Waals surface area contributed by atoms with Crippen molar-refractivity contribution in [2.75, 3.05) is 19.7 Å². The van der Waals surface area contributed by atoms with E-state index in [-0.39, 0.29) is 36.5 Å². The lowest BCUT2D eigenvalue weighted by molar-refractivity contribution is -0.154. The maximum absolute atomic E-state index is 12.3. The number of amides is 2. The van der Waals surface area contributed by atoms with Crippen molar-refractivity contribution in [1.82, 2.24) is 19.4 Å². The maximum Gasteiger partial charge on any atom is 0.249 e. The molecule has 4 rings (SSSR count). The van der Waals surface area contributed by atoms with Crippen LogP contribution in [0.4, 0.5) is 0 Å². The molecule has 118 valence electrons. The molecule has 1 aromatic heterocycles. The number of nitrogens with zero attached hydrogens (tertiary/aromatic N) is 4. The molecule has 7 heteroatoms. The first-order chi connectivity index (χ1) is 10.6. The molecule has 2 unspecified atom stereocenters. The zero-order valence-corrected chi connectivity index (χ0v) is 12.6. The molecule has 3 heterocycles. The lowest BCUT2D eigenvalue weighted by Crippen LogP contribution is -2.53. The van der Waals surface area contributed by atoms with Gasteiger partial charge < -0.3 is 19.1 Å². The van der Waals surface area contributed by atoms with Gasteiger partial charge in [0.15, 0.2) is 0 Å². The molecule has 0 spiro atoms. The largest absolute Gasteiger partial charge is 0.364 e. The van der Waals surface area contributed by atoms with E-state index in [1.807, 2.05) is 27.6 Å². The molecule has 3 aliphatic rings. The highest BCUT2D eigenvalue weighted by Crippen LogP contribution is 2.34. The monoisotopic (exact) mass is 304 g/mol. The first-order valence-electron chi connectivity index (χ1n) is 7.79. The number of likely N-dealkylation sites (tertiary alicyclic amines) is 1. The number of morpholine rings is 1. The highest BCUT2D eigenvalue weighted by molar-refractivity contribution is 5.82. The summed E-state index contributed by atoms with van der Waals surface area (Å²) in [6.07, 6.45) is 5.54. The second-order valence-electron chi connectivity index (χ2n) is 6.41. The minimum absolute atomic E-state index is 0.0232. The van der Waals surface area contributed by atoms with E-state index in [0.29, 0.717) is 19.6 Å². The highest BCUT2D eigenvalue weighted by Gasteiger charge is 2.47. The van der Waals surface area contributed by atoms with Crippen LogP contribution < -0.4 is 0 Å². The number of imidazole rings is 1. The van der Waals surface area contributed by atoms with Crippen molar-refractivity contribution in [3.8, 4) is 0 Å². The van der Waals surface area contributed by atoms with Gasteiger partial charge in [0.2, 0.25) is 11.8 Å². The predicted molar refractivity (Wildman–Crippen MR) is 76.6 cm³/mol. The van der Waals surface area contributed by atoms with E-state index in [1.54, 1.807) is 6.20 Å². The van der Waals surface area contributed by atoms with E-state index < -0.39 is 0 Å². The van der Waals surface area contributed by atoms with Crippen LogP contribution in [0.5, 0.6) is 0 Å². The molecular weight excluding hydrogens is 284 g/mol. The van der Waals surface area contributed by atoms with Crippen LogP contribution in [0.1, 0.15) is 18.7 Å². The van der Waals surface area contributed by atoms with Gasteiger partial charge in [-0.2, -0.15) is 0 Å². The second-order valence-corrected chi connectivity index (χ2v) is 6.41.